The molecule has 0 fully saturated rings. The van der Waals surface area contributed by atoms with E-state index in [1.807, 2.05) is 43.8 Å². The van der Waals surface area contributed by atoms with Gasteiger partial charge >= 0.3 is 0 Å². The number of nitrogens with zero attached hydrogens (tertiary/aromatic N) is 4. The van der Waals surface area contributed by atoms with Gasteiger partial charge < -0.3 is 4.98 Å². The first-order valence-corrected chi connectivity index (χ1v) is 9.87. The molecule has 0 bridgehead atoms. The van der Waals surface area contributed by atoms with Crippen LogP contribution in [-0.2, 0) is 19.3 Å². The van der Waals surface area contributed by atoms with Gasteiger partial charge in [-0.25, -0.2) is 19.9 Å². The molecule has 0 aliphatic heterocycles. The van der Waals surface area contributed by atoms with Crippen molar-refractivity contribution in [2.45, 2.75) is 46.0 Å². The zero-order chi connectivity index (χ0) is 20.4. The Kier molecular flexibility index (Phi) is 5.34. The summed E-state index contributed by atoms with van der Waals surface area (Å²) in [7, 11) is 0. The highest BCUT2D eigenvalue weighted by Crippen LogP contribution is 2.22. The molecule has 0 aromatic carbocycles. The fourth-order valence-corrected chi connectivity index (χ4v) is 3.35. The molecule has 29 heavy (non-hydrogen) atoms. The van der Waals surface area contributed by atoms with Crippen LogP contribution in [0, 0.1) is 12.9 Å². The number of hydrogen-bond donors (Lipinski definition) is 1. The summed E-state index contributed by atoms with van der Waals surface area (Å²) >= 11 is 0. The average molecular weight is 389 g/mol. The van der Waals surface area contributed by atoms with Crippen LogP contribution in [0.1, 0.15) is 53.5 Å². The first-order valence-electron chi connectivity index (χ1n) is 9.87. The SMILES string of the molecule is Cc1cnc2[nH]cc(Cc3ccc(CCc4cnc(C(C)C)nc4)nc3F)c2c1. The van der Waals surface area contributed by atoms with Gasteiger partial charge in [-0.2, -0.15) is 4.39 Å². The number of H-pyrrole nitrogens is 1. The molecule has 5 nitrogen and oxygen atoms in total. The summed E-state index contributed by atoms with van der Waals surface area (Å²) in [5, 5.41) is 1.03. The molecular formula is C23H24FN5. The van der Waals surface area contributed by atoms with Crippen LogP contribution in [0.2, 0.25) is 0 Å². The van der Waals surface area contributed by atoms with Crippen molar-refractivity contribution in [3.05, 3.63) is 82.7 Å². The van der Waals surface area contributed by atoms with Crippen LogP contribution in [-0.4, -0.2) is 24.9 Å². The van der Waals surface area contributed by atoms with Crippen molar-refractivity contribution in [3.63, 3.8) is 0 Å². The number of aromatic amines is 1. The molecule has 0 unspecified atom stereocenters. The van der Waals surface area contributed by atoms with Gasteiger partial charge in [0.2, 0.25) is 5.95 Å². The van der Waals surface area contributed by atoms with E-state index in [2.05, 4.69) is 44.8 Å². The Morgan fingerprint density at radius 2 is 1.79 bits per heavy atom. The molecule has 4 aromatic heterocycles. The first-order chi connectivity index (χ1) is 14.0. The van der Waals surface area contributed by atoms with Gasteiger partial charge in [0.15, 0.2) is 0 Å². The van der Waals surface area contributed by atoms with Crippen molar-refractivity contribution in [1.82, 2.24) is 24.9 Å². The topological polar surface area (TPSA) is 67.3 Å². The highest BCUT2D eigenvalue weighted by molar-refractivity contribution is 5.80. The number of rotatable bonds is 6. The third-order valence-corrected chi connectivity index (χ3v) is 5.03. The third kappa shape index (κ3) is 4.31. The fourth-order valence-electron chi connectivity index (χ4n) is 3.35. The van der Waals surface area contributed by atoms with Gasteiger partial charge in [-0.1, -0.05) is 19.9 Å². The monoisotopic (exact) mass is 389 g/mol. The number of aryl methyl sites for hydroxylation is 3. The highest BCUT2D eigenvalue weighted by atomic mass is 19.1. The van der Waals surface area contributed by atoms with Crippen LogP contribution in [0.15, 0.2) is 43.0 Å². The second-order valence-electron chi connectivity index (χ2n) is 7.76. The Bertz CT molecular complexity index is 1130. The van der Waals surface area contributed by atoms with Gasteiger partial charge in [-0.3, -0.25) is 0 Å². The van der Waals surface area contributed by atoms with E-state index in [1.165, 1.54) is 0 Å². The largest absolute Gasteiger partial charge is 0.346 e. The molecule has 0 saturated heterocycles. The molecule has 0 amide bonds. The third-order valence-electron chi connectivity index (χ3n) is 5.03. The van der Waals surface area contributed by atoms with Crippen molar-refractivity contribution >= 4 is 11.0 Å². The van der Waals surface area contributed by atoms with Crippen molar-refractivity contribution < 1.29 is 4.39 Å². The van der Waals surface area contributed by atoms with Crippen LogP contribution in [0.25, 0.3) is 11.0 Å². The smallest absolute Gasteiger partial charge is 0.216 e. The van der Waals surface area contributed by atoms with Crippen LogP contribution >= 0.6 is 0 Å². The number of fused-ring (bicyclic) bond motifs is 1. The van der Waals surface area contributed by atoms with Crippen LogP contribution < -0.4 is 0 Å². The quantitative estimate of drug-likeness (QED) is 0.486. The molecule has 4 aromatic rings. The van der Waals surface area contributed by atoms with Gasteiger partial charge in [0.05, 0.1) is 0 Å². The van der Waals surface area contributed by atoms with E-state index >= 15 is 0 Å². The fraction of sp³-hybridized carbons (Fsp3) is 0.304. The van der Waals surface area contributed by atoms with Gasteiger partial charge in [0.1, 0.15) is 11.5 Å². The van der Waals surface area contributed by atoms with E-state index < -0.39 is 5.95 Å². The van der Waals surface area contributed by atoms with Gasteiger partial charge in [-0.15, -0.1) is 0 Å². The Morgan fingerprint density at radius 1 is 1.00 bits per heavy atom. The maximum Gasteiger partial charge on any atom is 0.216 e. The maximum atomic E-state index is 14.6. The molecule has 148 valence electrons. The summed E-state index contributed by atoms with van der Waals surface area (Å²) in [6.45, 7) is 6.13. The van der Waals surface area contributed by atoms with E-state index in [0.717, 1.165) is 45.7 Å². The number of halogens is 1. The minimum absolute atomic E-state index is 0.309. The zero-order valence-electron chi connectivity index (χ0n) is 16.9. The summed E-state index contributed by atoms with van der Waals surface area (Å²) in [6.07, 6.45) is 9.27. The molecule has 0 saturated carbocycles. The van der Waals surface area contributed by atoms with E-state index in [0.29, 0.717) is 24.3 Å². The summed E-state index contributed by atoms with van der Waals surface area (Å²) in [5.41, 5.74) is 5.27. The normalized spacial score (nSPS) is 11.5. The van der Waals surface area contributed by atoms with Gasteiger partial charge in [0.25, 0.3) is 0 Å². The molecule has 0 radical (unpaired) electrons. The van der Waals surface area contributed by atoms with E-state index in [9.17, 15) is 4.39 Å². The molecular weight excluding hydrogens is 365 g/mol. The molecule has 1 N–H and O–H groups in total. The lowest BCUT2D eigenvalue weighted by molar-refractivity contribution is 0.563. The van der Waals surface area contributed by atoms with E-state index in [1.54, 1.807) is 0 Å². The van der Waals surface area contributed by atoms with Gasteiger partial charge in [-0.05, 0) is 48.6 Å². The molecule has 4 heterocycles. The molecule has 0 aliphatic carbocycles. The summed E-state index contributed by atoms with van der Waals surface area (Å²) in [4.78, 5) is 20.5. The Hall–Kier alpha value is -3.15. The van der Waals surface area contributed by atoms with E-state index in [4.69, 9.17) is 0 Å². The zero-order valence-corrected chi connectivity index (χ0v) is 16.9. The standard InChI is InChI=1S/C23H24FN5/c1-14(2)22-26-11-16(12-27-22)4-6-19-7-5-17(21(24)29-19)9-18-13-28-23-20(18)8-15(3)10-25-23/h5,7-8,10-14H,4,6,9H2,1-3H3,(H,25,28). The molecule has 0 spiro atoms. The highest BCUT2D eigenvalue weighted by Gasteiger charge is 2.11. The minimum atomic E-state index is -0.413. The van der Waals surface area contributed by atoms with Gasteiger partial charge in [0, 0.05) is 53.8 Å². The van der Waals surface area contributed by atoms with E-state index in [-0.39, 0.29) is 0 Å². The van der Waals surface area contributed by atoms with Crippen molar-refractivity contribution in [2.24, 2.45) is 0 Å². The lowest BCUT2D eigenvalue weighted by Gasteiger charge is -2.07. The summed E-state index contributed by atoms with van der Waals surface area (Å²) in [5.74, 6) is 0.734. The molecule has 0 atom stereocenters. The second kappa shape index (κ2) is 8.07. The Balaban J connectivity index is 1.45. The first kappa shape index (κ1) is 19.2. The number of aromatic nitrogens is 5. The number of hydrogen-bond acceptors (Lipinski definition) is 4. The second-order valence-corrected chi connectivity index (χ2v) is 7.76. The molecule has 6 heteroatoms. The minimum Gasteiger partial charge on any atom is -0.346 e. The van der Waals surface area contributed by atoms with Crippen molar-refractivity contribution in [1.29, 1.82) is 0 Å². The lowest BCUT2D eigenvalue weighted by Crippen LogP contribution is -2.03. The Morgan fingerprint density at radius 3 is 2.52 bits per heavy atom. The van der Waals surface area contributed by atoms with Crippen LogP contribution in [0.4, 0.5) is 4.39 Å². The molecule has 4 rings (SSSR count). The van der Waals surface area contributed by atoms with Crippen molar-refractivity contribution in [3.8, 4) is 0 Å². The average Bonchev–Trinajstić information content (AvgIpc) is 3.10. The Labute approximate surface area is 169 Å². The number of pyridine rings is 2. The lowest BCUT2D eigenvalue weighted by atomic mass is 10.0. The van der Waals surface area contributed by atoms with Crippen molar-refractivity contribution in [2.75, 3.05) is 0 Å². The molecule has 0 aliphatic rings. The number of nitrogens with one attached hydrogen (secondary N) is 1. The summed E-state index contributed by atoms with van der Waals surface area (Å²) < 4.78 is 14.6. The van der Waals surface area contributed by atoms with Crippen LogP contribution in [0.3, 0.4) is 0 Å². The maximum absolute atomic E-state index is 14.6. The predicted molar refractivity (Wildman–Crippen MR) is 111 cm³/mol. The predicted octanol–water partition coefficient (Wildman–Crippen LogP) is 4.69. The van der Waals surface area contributed by atoms with Crippen LogP contribution in [0.5, 0.6) is 0 Å². The summed E-state index contributed by atoms with van der Waals surface area (Å²) in [6, 6.07) is 5.80.